The van der Waals surface area contributed by atoms with E-state index in [0.717, 1.165) is 22.6 Å². The number of H-pyrrole nitrogens is 1. The third-order valence-corrected chi connectivity index (χ3v) is 4.31. The van der Waals surface area contributed by atoms with Crippen molar-refractivity contribution in [2.75, 3.05) is 18.0 Å². The number of alkyl halides is 2. The van der Waals surface area contributed by atoms with E-state index >= 15 is 0 Å². The largest absolute Gasteiger partial charge is 0.354 e. The van der Waals surface area contributed by atoms with Crippen LogP contribution in [0, 0.1) is 11.8 Å². The Morgan fingerprint density at radius 2 is 2.11 bits per heavy atom. The number of aromatic nitrogens is 2. The van der Waals surface area contributed by atoms with Crippen LogP contribution in [0.4, 0.5) is 14.6 Å². The van der Waals surface area contributed by atoms with Crippen molar-refractivity contribution < 1.29 is 8.78 Å². The summed E-state index contributed by atoms with van der Waals surface area (Å²) in [5, 5.41) is 7.21. The van der Waals surface area contributed by atoms with Crippen molar-refractivity contribution in [3.8, 4) is 0 Å². The van der Waals surface area contributed by atoms with Crippen LogP contribution in [0.2, 0.25) is 0 Å². The molecule has 2 heterocycles. The smallest absolute Gasteiger partial charge is 0.258 e. The molecule has 0 radical (unpaired) electrons. The predicted octanol–water partition coefficient (Wildman–Crippen LogP) is 3.18. The Bertz CT molecular complexity index is 545. The molecular weight excluding hydrogens is 248 g/mol. The van der Waals surface area contributed by atoms with Gasteiger partial charge in [-0.05, 0) is 25.5 Å². The van der Waals surface area contributed by atoms with E-state index in [1.54, 1.807) is 6.08 Å². The van der Waals surface area contributed by atoms with Crippen LogP contribution in [0.15, 0.2) is 12.7 Å². The van der Waals surface area contributed by atoms with Gasteiger partial charge in [-0.1, -0.05) is 12.7 Å². The minimum absolute atomic E-state index is 0.392. The van der Waals surface area contributed by atoms with Crippen LogP contribution in [-0.4, -0.2) is 29.2 Å². The van der Waals surface area contributed by atoms with Crippen LogP contribution in [0.3, 0.4) is 0 Å². The van der Waals surface area contributed by atoms with E-state index in [4.69, 9.17) is 0 Å². The second kappa shape index (κ2) is 3.92. The van der Waals surface area contributed by atoms with Gasteiger partial charge in [0.05, 0.1) is 17.5 Å². The number of fused-ring (bicyclic) bond motifs is 1. The summed E-state index contributed by atoms with van der Waals surface area (Å²) in [6.07, 6.45) is 3.71. The van der Waals surface area contributed by atoms with Gasteiger partial charge in [0.25, 0.3) is 5.92 Å². The van der Waals surface area contributed by atoms with Crippen molar-refractivity contribution in [2.45, 2.75) is 19.8 Å². The highest BCUT2D eigenvalue weighted by Gasteiger charge is 2.71. The molecule has 1 N–H and O–H groups in total. The van der Waals surface area contributed by atoms with Gasteiger partial charge in [0.15, 0.2) is 5.82 Å². The number of hydrogen-bond acceptors (Lipinski definition) is 2. The molecule has 3 rings (SSSR count). The van der Waals surface area contributed by atoms with Crippen LogP contribution in [0.1, 0.15) is 25.1 Å². The van der Waals surface area contributed by atoms with Crippen molar-refractivity contribution >= 4 is 17.5 Å². The zero-order chi connectivity index (χ0) is 13.8. The highest BCUT2D eigenvalue weighted by molar-refractivity contribution is 5.79. The Morgan fingerprint density at radius 3 is 2.63 bits per heavy atom. The Kier molecular flexibility index (Phi) is 2.56. The number of aromatic amines is 1. The molecule has 1 aliphatic heterocycles. The maximum Gasteiger partial charge on any atom is 0.258 e. The van der Waals surface area contributed by atoms with Crippen LogP contribution in [0.25, 0.3) is 11.6 Å². The molecule has 0 spiro atoms. The van der Waals surface area contributed by atoms with Gasteiger partial charge in [-0.25, -0.2) is 8.78 Å². The number of anilines is 1. The molecule has 2 unspecified atom stereocenters. The van der Waals surface area contributed by atoms with Crippen LogP contribution in [-0.2, 0) is 0 Å². The number of hydrogen-bond donors (Lipinski definition) is 1. The van der Waals surface area contributed by atoms with Gasteiger partial charge in [0, 0.05) is 18.7 Å². The molecule has 102 valence electrons. The molecule has 5 heteroatoms. The lowest BCUT2D eigenvalue weighted by atomic mass is 10.1. The summed E-state index contributed by atoms with van der Waals surface area (Å²) in [5.41, 5.74) is 2.89. The van der Waals surface area contributed by atoms with Gasteiger partial charge in [-0.15, -0.1) is 0 Å². The lowest BCUT2D eigenvalue weighted by Gasteiger charge is -2.21. The first-order chi connectivity index (χ1) is 9.00. The van der Waals surface area contributed by atoms with Gasteiger partial charge in [-0.2, -0.15) is 5.10 Å². The van der Waals surface area contributed by atoms with E-state index in [-0.39, 0.29) is 0 Å². The quantitative estimate of drug-likeness (QED) is 0.910. The zero-order valence-electron chi connectivity index (χ0n) is 11.1. The first kappa shape index (κ1) is 12.4. The monoisotopic (exact) mass is 265 g/mol. The van der Waals surface area contributed by atoms with Gasteiger partial charge >= 0.3 is 0 Å². The Morgan fingerprint density at radius 1 is 1.47 bits per heavy atom. The van der Waals surface area contributed by atoms with Gasteiger partial charge in [-0.3, -0.25) is 5.10 Å². The van der Waals surface area contributed by atoms with Gasteiger partial charge in [0.2, 0.25) is 0 Å². The summed E-state index contributed by atoms with van der Waals surface area (Å²) in [7, 11) is 0. The number of piperidine rings is 1. The average Bonchev–Trinajstić information content (AvgIpc) is 2.88. The van der Waals surface area contributed by atoms with Crippen molar-refractivity contribution in [3.63, 3.8) is 0 Å². The first-order valence-electron chi connectivity index (χ1n) is 6.47. The SMILES string of the molecule is C=Cc1[nH]nc(N2CC3C(C2)C3(F)F)c1/C(C)=C\C. The average molecular weight is 265 g/mol. The summed E-state index contributed by atoms with van der Waals surface area (Å²) in [6.45, 7) is 8.49. The maximum atomic E-state index is 13.2. The van der Waals surface area contributed by atoms with Crippen LogP contribution >= 0.6 is 0 Å². The second-order valence-corrected chi connectivity index (χ2v) is 5.30. The third-order valence-electron chi connectivity index (χ3n) is 4.31. The standard InChI is InChI=1S/C14H17F2N3/c1-4-8(3)12-11(5-2)17-18-13(12)19-6-9-10(7-19)14(9,15)16/h4-5,9-10H,2,6-7H2,1,3H3,(H,17,18)/b8-4-. The van der Waals surface area contributed by atoms with Crippen molar-refractivity contribution in [3.05, 3.63) is 23.9 Å². The summed E-state index contributed by atoms with van der Waals surface area (Å²) < 4.78 is 26.5. The molecule has 0 amide bonds. The molecular formula is C14H17F2N3. The minimum atomic E-state index is -2.45. The Balaban J connectivity index is 1.91. The lowest BCUT2D eigenvalue weighted by Crippen LogP contribution is -2.28. The first-order valence-corrected chi connectivity index (χ1v) is 6.47. The van der Waals surface area contributed by atoms with E-state index in [1.165, 1.54) is 0 Å². The number of nitrogens with one attached hydrogen (secondary N) is 1. The fraction of sp³-hybridized carbons (Fsp3) is 0.500. The maximum absolute atomic E-state index is 13.2. The fourth-order valence-electron chi connectivity index (χ4n) is 2.94. The topological polar surface area (TPSA) is 31.9 Å². The molecule has 1 aromatic heterocycles. The molecule has 1 aliphatic carbocycles. The summed E-state index contributed by atoms with van der Waals surface area (Å²) >= 11 is 0. The number of rotatable bonds is 3. The molecule has 1 saturated carbocycles. The number of halogens is 2. The van der Waals surface area contributed by atoms with E-state index < -0.39 is 17.8 Å². The highest BCUT2D eigenvalue weighted by atomic mass is 19.3. The summed E-state index contributed by atoms with van der Waals surface area (Å²) in [5.74, 6) is -2.66. The summed E-state index contributed by atoms with van der Waals surface area (Å²) in [4.78, 5) is 1.96. The minimum Gasteiger partial charge on any atom is -0.354 e. The number of nitrogens with zero attached hydrogens (tertiary/aromatic N) is 2. The molecule has 1 saturated heterocycles. The van der Waals surface area contributed by atoms with Crippen LogP contribution < -0.4 is 4.90 Å². The van der Waals surface area contributed by atoms with E-state index in [9.17, 15) is 8.78 Å². The molecule has 19 heavy (non-hydrogen) atoms. The highest BCUT2D eigenvalue weighted by Crippen LogP contribution is 2.59. The van der Waals surface area contributed by atoms with Crippen molar-refractivity contribution in [1.82, 2.24) is 10.2 Å². The predicted molar refractivity (Wildman–Crippen MR) is 72.1 cm³/mol. The lowest BCUT2D eigenvalue weighted by molar-refractivity contribution is 0.0797. The van der Waals surface area contributed by atoms with E-state index in [1.807, 2.05) is 24.8 Å². The molecule has 1 aromatic rings. The molecule has 2 atom stereocenters. The normalized spacial score (nSPS) is 28.4. The van der Waals surface area contributed by atoms with Crippen molar-refractivity contribution in [2.24, 2.45) is 11.8 Å². The fourth-order valence-corrected chi connectivity index (χ4v) is 2.94. The molecule has 0 bridgehead atoms. The van der Waals surface area contributed by atoms with E-state index in [2.05, 4.69) is 16.8 Å². The molecule has 3 nitrogen and oxygen atoms in total. The van der Waals surface area contributed by atoms with Gasteiger partial charge < -0.3 is 4.90 Å². The van der Waals surface area contributed by atoms with Crippen molar-refractivity contribution in [1.29, 1.82) is 0 Å². The molecule has 2 fully saturated rings. The summed E-state index contributed by atoms with van der Waals surface area (Å²) in [6, 6.07) is 0. The second-order valence-electron chi connectivity index (χ2n) is 5.30. The molecule has 2 aliphatic rings. The molecule has 0 aromatic carbocycles. The van der Waals surface area contributed by atoms with Gasteiger partial charge in [0.1, 0.15) is 0 Å². The zero-order valence-corrected chi connectivity index (χ0v) is 11.1. The van der Waals surface area contributed by atoms with E-state index in [0.29, 0.717) is 13.1 Å². The number of allylic oxidation sites excluding steroid dienone is 2. The third kappa shape index (κ3) is 1.64. The van der Waals surface area contributed by atoms with Crippen LogP contribution in [0.5, 0.6) is 0 Å². The Labute approximate surface area is 111 Å². The Hall–Kier alpha value is -1.65.